The number of hydrogen-bond acceptors (Lipinski definition) is 4. The van der Waals surface area contributed by atoms with Crippen molar-refractivity contribution in [2.45, 2.75) is 0 Å². The Bertz CT molecular complexity index is 109. The van der Waals surface area contributed by atoms with Gasteiger partial charge >= 0.3 is 37.7 Å². The summed E-state index contributed by atoms with van der Waals surface area (Å²) in [4.78, 5) is 0. The Morgan fingerprint density at radius 2 is 1.09 bits per heavy atom. The van der Waals surface area contributed by atoms with Crippen LogP contribution in [0, 0.1) is 0 Å². The summed E-state index contributed by atoms with van der Waals surface area (Å²) >= 11 is 8.50. The van der Waals surface area contributed by atoms with Crippen LogP contribution in [0.3, 0.4) is 0 Å². The summed E-state index contributed by atoms with van der Waals surface area (Å²) in [6, 6.07) is 0. The standard InChI is InChI=1S/2C2H5NOS.Ca.2H/c2*1-4-2(3)5;;;/h2*1H3,(H2,3,5);;;. The van der Waals surface area contributed by atoms with Gasteiger partial charge < -0.3 is 20.9 Å². The minimum atomic E-state index is 0. The first-order valence-corrected chi connectivity index (χ1v) is 3.03. The topological polar surface area (TPSA) is 70.5 Å². The van der Waals surface area contributed by atoms with Gasteiger partial charge in [-0.05, 0) is 24.4 Å². The predicted octanol–water partition coefficient (Wildman–Crippen LogP) is -1.16. The summed E-state index contributed by atoms with van der Waals surface area (Å²) in [6.07, 6.45) is 0. The number of thiocarbonyl (C=S) groups is 2. The molecule has 0 unspecified atom stereocenters. The third-order valence-electron chi connectivity index (χ3n) is 0.402. The summed E-state index contributed by atoms with van der Waals surface area (Å²) in [7, 11) is 2.87. The van der Waals surface area contributed by atoms with Gasteiger partial charge in [0.1, 0.15) is 0 Å². The maximum atomic E-state index is 4.80. The molecule has 0 aromatic rings. The van der Waals surface area contributed by atoms with Crippen molar-refractivity contribution in [3.8, 4) is 0 Å². The Kier molecular flexibility index (Phi) is 21.3. The van der Waals surface area contributed by atoms with Gasteiger partial charge in [0.25, 0.3) is 10.3 Å². The van der Waals surface area contributed by atoms with E-state index in [9.17, 15) is 0 Å². The van der Waals surface area contributed by atoms with Gasteiger partial charge in [-0.25, -0.2) is 0 Å². The monoisotopic (exact) mass is 224 g/mol. The van der Waals surface area contributed by atoms with Gasteiger partial charge in [-0.3, -0.25) is 0 Å². The molecule has 64 valence electrons. The SMILES string of the molecule is COC(N)=S.COC(N)=S.[CaH2]. The molecular formula is C4H12CaN2O2S2. The Balaban J connectivity index is -0.000000107. The molecule has 0 atom stereocenters. The van der Waals surface area contributed by atoms with Gasteiger partial charge in [0.05, 0.1) is 14.2 Å². The van der Waals surface area contributed by atoms with E-state index in [1.807, 2.05) is 0 Å². The van der Waals surface area contributed by atoms with Gasteiger partial charge in [0.15, 0.2) is 0 Å². The Morgan fingerprint density at radius 1 is 1.00 bits per heavy atom. The second-order valence-electron chi connectivity index (χ2n) is 1.05. The van der Waals surface area contributed by atoms with Gasteiger partial charge in [-0.1, -0.05) is 0 Å². The summed E-state index contributed by atoms with van der Waals surface area (Å²) in [5.74, 6) is 0. The molecule has 0 aliphatic rings. The zero-order valence-corrected chi connectivity index (χ0v) is 7.42. The van der Waals surface area contributed by atoms with Crippen LogP contribution in [0.1, 0.15) is 0 Å². The van der Waals surface area contributed by atoms with Crippen LogP contribution in [-0.4, -0.2) is 62.3 Å². The second kappa shape index (κ2) is 13.2. The van der Waals surface area contributed by atoms with Crippen molar-refractivity contribution in [2.75, 3.05) is 14.2 Å². The van der Waals surface area contributed by atoms with E-state index in [0.717, 1.165) is 0 Å². The van der Waals surface area contributed by atoms with Crippen molar-refractivity contribution in [1.29, 1.82) is 0 Å². The molecule has 4 nitrogen and oxygen atoms in total. The molecule has 0 aliphatic carbocycles. The number of hydrogen-bond donors (Lipinski definition) is 2. The molecule has 0 saturated carbocycles. The number of ether oxygens (including phenoxy) is 2. The first kappa shape index (κ1) is 17.7. The number of rotatable bonds is 0. The van der Waals surface area contributed by atoms with Crippen LogP contribution in [0.5, 0.6) is 0 Å². The van der Waals surface area contributed by atoms with Gasteiger partial charge in [-0.2, -0.15) is 0 Å². The molecule has 0 aromatic heterocycles. The van der Waals surface area contributed by atoms with Crippen molar-refractivity contribution in [3.63, 3.8) is 0 Å². The molecule has 0 radical (unpaired) electrons. The summed E-state index contributed by atoms with van der Waals surface area (Å²) in [5, 5.41) is 0.176. The average molecular weight is 224 g/mol. The van der Waals surface area contributed by atoms with Crippen molar-refractivity contribution in [3.05, 3.63) is 0 Å². The van der Waals surface area contributed by atoms with Crippen molar-refractivity contribution < 1.29 is 9.47 Å². The maximum absolute atomic E-state index is 4.80. The van der Waals surface area contributed by atoms with E-state index in [-0.39, 0.29) is 48.1 Å². The van der Waals surface area contributed by atoms with Crippen LogP contribution in [0.4, 0.5) is 0 Å². The molecule has 0 rings (SSSR count). The number of methoxy groups -OCH3 is 2. The summed E-state index contributed by atoms with van der Waals surface area (Å²) in [6.45, 7) is 0. The molecule has 0 aliphatic heterocycles. The normalized spacial score (nSPS) is 6.00. The third-order valence-corrected chi connectivity index (χ3v) is 0.736. The molecule has 4 N–H and O–H groups in total. The van der Waals surface area contributed by atoms with E-state index in [2.05, 4.69) is 33.9 Å². The Morgan fingerprint density at radius 3 is 1.09 bits per heavy atom. The van der Waals surface area contributed by atoms with Crippen molar-refractivity contribution in [1.82, 2.24) is 0 Å². The molecule has 0 amide bonds. The first-order valence-electron chi connectivity index (χ1n) is 2.21. The zero-order valence-electron chi connectivity index (χ0n) is 5.79. The van der Waals surface area contributed by atoms with Gasteiger partial charge in [0.2, 0.25) is 0 Å². The second-order valence-corrected chi connectivity index (χ2v) is 1.85. The molecule has 0 aromatic carbocycles. The summed E-state index contributed by atoms with van der Waals surface area (Å²) in [5.41, 5.74) is 9.60. The minimum absolute atomic E-state index is 0. The first-order chi connectivity index (χ1) is 4.54. The van der Waals surface area contributed by atoms with Crippen molar-refractivity contribution in [2.24, 2.45) is 11.5 Å². The van der Waals surface area contributed by atoms with E-state index >= 15 is 0 Å². The van der Waals surface area contributed by atoms with Crippen LogP contribution < -0.4 is 11.5 Å². The van der Waals surface area contributed by atoms with Crippen LogP contribution in [0.2, 0.25) is 0 Å². The van der Waals surface area contributed by atoms with Crippen LogP contribution in [0.25, 0.3) is 0 Å². The van der Waals surface area contributed by atoms with Crippen LogP contribution in [-0.2, 0) is 9.47 Å². The zero-order chi connectivity index (χ0) is 8.57. The molecule has 0 heterocycles. The molecule has 0 bridgehead atoms. The van der Waals surface area contributed by atoms with Crippen LogP contribution in [0.15, 0.2) is 0 Å². The quantitative estimate of drug-likeness (QED) is 0.399. The van der Waals surface area contributed by atoms with Crippen molar-refractivity contribution >= 4 is 72.5 Å². The molecule has 11 heavy (non-hydrogen) atoms. The van der Waals surface area contributed by atoms with Crippen LogP contribution >= 0.6 is 24.4 Å². The predicted molar refractivity (Wildman–Crippen MR) is 56.1 cm³/mol. The molecule has 0 spiro atoms. The molecular weight excluding hydrogens is 212 g/mol. The van der Waals surface area contributed by atoms with E-state index in [1.54, 1.807) is 0 Å². The van der Waals surface area contributed by atoms with E-state index < -0.39 is 0 Å². The average Bonchev–Trinajstić information content (AvgIpc) is 1.89. The van der Waals surface area contributed by atoms with Gasteiger partial charge in [0, 0.05) is 0 Å². The summed E-state index contributed by atoms with van der Waals surface area (Å²) < 4.78 is 8.52. The third kappa shape index (κ3) is 36.9. The fraction of sp³-hybridized carbons (Fsp3) is 0.500. The van der Waals surface area contributed by atoms with E-state index in [1.165, 1.54) is 14.2 Å². The van der Waals surface area contributed by atoms with E-state index in [4.69, 9.17) is 11.5 Å². The van der Waals surface area contributed by atoms with E-state index in [0.29, 0.717) is 0 Å². The molecule has 0 fully saturated rings. The van der Waals surface area contributed by atoms with Gasteiger partial charge in [-0.15, -0.1) is 0 Å². The fourth-order valence-electron chi connectivity index (χ4n) is 0. The Hall–Kier alpha value is 0.640. The fourth-order valence-corrected chi connectivity index (χ4v) is 0. The molecule has 0 saturated heterocycles. The Labute approximate surface area is 107 Å². The molecule has 7 heteroatoms. The number of nitrogens with two attached hydrogens (primary N) is 2.